The molecule has 4 nitrogen and oxygen atoms in total. The Balaban J connectivity index is 1.45. The molecule has 19 heavy (non-hydrogen) atoms. The number of anilines is 1. The zero-order chi connectivity index (χ0) is 13.0. The lowest BCUT2D eigenvalue weighted by Crippen LogP contribution is -2.32. The van der Waals surface area contributed by atoms with Crippen LogP contribution in [0.15, 0.2) is 12.3 Å². The summed E-state index contributed by atoms with van der Waals surface area (Å²) in [6, 6.07) is 2.31. The molecule has 4 heteroatoms. The summed E-state index contributed by atoms with van der Waals surface area (Å²) in [4.78, 5) is 12.3. The summed E-state index contributed by atoms with van der Waals surface area (Å²) in [6.07, 6.45) is 9.55. The predicted molar refractivity (Wildman–Crippen MR) is 73.8 cm³/mol. The molecule has 0 unspecified atom stereocenters. The third kappa shape index (κ3) is 2.03. The van der Waals surface area contributed by atoms with Crippen LogP contribution in [0.1, 0.15) is 55.1 Å². The van der Waals surface area contributed by atoms with Crippen LogP contribution in [0.3, 0.4) is 0 Å². The van der Waals surface area contributed by atoms with Gasteiger partial charge in [0.1, 0.15) is 5.69 Å². The lowest BCUT2D eigenvalue weighted by atomic mass is 10.0. The van der Waals surface area contributed by atoms with E-state index in [1.807, 2.05) is 12.3 Å². The quantitative estimate of drug-likeness (QED) is 0.852. The van der Waals surface area contributed by atoms with Gasteiger partial charge >= 0.3 is 0 Å². The monoisotopic (exact) mass is 259 g/mol. The van der Waals surface area contributed by atoms with E-state index in [-0.39, 0.29) is 5.91 Å². The Morgan fingerprint density at radius 1 is 1.37 bits per heavy atom. The second-order valence-corrected chi connectivity index (χ2v) is 6.62. The molecule has 102 valence electrons. The minimum atomic E-state index is 0.0514. The van der Waals surface area contributed by atoms with Crippen LogP contribution in [0, 0.1) is 11.3 Å². The fourth-order valence-electron chi connectivity index (χ4n) is 3.27. The van der Waals surface area contributed by atoms with Crippen LogP contribution in [0.5, 0.6) is 0 Å². The highest BCUT2D eigenvalue weighted by Crippen LogP contribution is 2.60. The van der Waals surface area contributed by atoms with Crippen molar-refractivity contribution in [2.45, 2.75) is 44.6 Å². The number of nitrogens with zero attached hydrogens (tertiary/aromatic N) is 1. The topological polar surface area (TPSA) is 60.1 Å². The fourth-order valence-corrected chi connectivity index (χ4v) is 3.27. The summed E-state index contributed by atoms with van der Waals surface area (Å²) in [5.74, 6) is 0.934. The van der Waals surface area contributed by atoms with Crippen molar-refractivity contribution >= 4 is 11.6 Å². The van der Waals surface area contributed by atoms with E-state index in [9.17, 15) is 4.79 Å². The molecule has 0 atom stereocenters. The molecule has 3 N–H and O–H groups in total. The molecule has 3 fully saturated rings. The second kappa shape index (κ2) is 3.78. The zero-order valence-electron chi connectivity index (χ0n) is 11.2. The Bertz CT molecular complexity index is 521. The minimum absolute atomic E-state index is 0.0514. The standard InChI is InChI=1S/C15H21N3O/c16-11-7-13(18(8-11)12-3-4-12)14(19)17-9-15(5-6-15)10-1-2-10/h7-8,10,12H,1-6,9,16H2,(H,17,19). The van der Waals surface area contributed by atoms with E-state index in [0.717, 1.165) is 18.2 Å². The van der Waals surface area contributed by atoms with E-state index in [2.05, 4.69) is 9.88 Å². The van der Waals surface area contributed by atoms with Crippen molar-refractivity contribution in [3.05, 3.63) is 18.0 Å². The van der Waals surface area contributed by atoms with Gasteiger partial charge in [-0.25, -0.2) is 0 Å². The molecule has 4 rings (SSSR count). The Labute approximate surface area is 113 Å². The maximum absolute atomic E-state index is 12.3. The number of carbonyl (C=O) groups is 1. The second-order valence-electron chi connectivity index (χ2n) is 6.62. The van der Waals surface area contributed by atoms with E-state index in [1.54, 1.807) is 0 Å². The molecule has 3 saturated carbocycles. The van der Waals surface area contributed by atoms with E-state index < -0.39 is 0 Å². The van der Waals surface area contributed by atoms with Crippen molar-refractivity contribution in [2.24, 2.45) is 11.3 Å². The van der Waals surface area contributed by atoms with E-state index in [1.165, 1.54) is 38.5 Å². The van der Waals surface area contributed by atoms with Gasteiger partial charge in [-0.3, -0.25) is 4.79 Å². The van der Waals surface area contributed by atoms with Gasteiger partial charge in [-0.05, 0) is 55.9 Å². The molecule has 0 spiro atoms. The third-order valence-electron chi connectivity index (χ3n) is 4.98. The molecule has 1 heterocycles. The van der Waals surface area contributed by atoms with Gasteiger partial charge in [0, 0.05) is 18.8 Å². The number of nitrogen functional groups attached to an aromatic ring is 1. The third-order valence-corrected chi connectivity index (χ3v) is 4.98. The van der Waals surface area contributed by atoms with E-state index in [4.69, 9.17) is 5.73 Å². The lowest BCUT2D eigenvalue weighted by Gasteiger charge is -2.15. The molecule has 0 bridgehead atoms. The summed E-state index contributed by atoms with van der Waals surface area (Å²) in [7, 11) is 0. The van der Waals surface area contributed by atoms with Crippen molar-refractivity contribution in [3.8, 4) is 0 Å². The van der Waals surface area contributed by atoms with Gasteiger partial charge in [0.05, 0.1) is 5.69 Å². The first-order valence-electron chi connectivity index (χ1n) is 7.43. The maximum Gasteiger partial charge on any atom is 0.268 e. The summed E-state index contributed by atoms with van der Waals surface area (Å²) in [5, 5.41) is 3.14. The van der Waals surface area contributed by atoms with Crippen LogP contribution >= 0.6 is 0 Å². The first-order valence-corrected chi connectivity index (χ1v) is 7.43. The average molecular weight is 259 g/mol. The van der Waals surface area contributed by atoms with Crippen LogP contribution in [-0.2, 0) is 0 Å². The van der Waals surface area contributed by atoms with Gasteiger partial charge < -0.3 is 15.6 Å². The fraction of sp³-hybridized carbons (Fsp3) is 0.667. The number of rotatable bonds is 5. The van der Waals surface area contributed by atoms with Crippen molar-refractivity contribution in [1.82, 2.24) is 9.88 Å². The lowest BCUT2D eigenvalue weighted by molar-refractivity contribution is 0.0933. The highest BCUT2D eigenvalue weighted by molar-refractivity contribution is 5.94. The predicted octanol–water partition coefficient (Wildman–Crippen LogP) is 2.33. The van der Waals surface area contributed by atoms with Gasteiger partial charge in [-0.2, -0.15) is 0 Å². The Morgan fingerprint density at radius 3 is 2.68 bits per heavy atom. The van der Waals surface area contributed by atoms with Crippen LogP contribution < -0.4 is 11.1 Å². The highest BCUT2D eigenvalue weighted by atomic mass is 16.1. The van der Waals surface area contributed by atoms with Crippen LogP contribution in [-0.4, -0.2) is 17.0 Å². The largest absolute Gasteiger partial charge is 0.397 e. The first-order chi connectivity index (χ1) is 9.18. The summed E-state index contributed by atoms with van der Waals surface area (Å²) < 4.78 is 2.06. The summed E-state index contributed by atoms with van der Waals surface area (Å²) in [6.45, 7) is 0.853. The van der Waals surface area contributed by atoms with Gasteiger partial charge in [0.15, 0.2) is 0 Å². The SMILES string of the molecule is Nc1cc(C(=O)NCC2(C3CC3)CC2)n(C2CC2)c1. The molecule has 3 aliphatic rings. The molecule has 1 aromatic rings. The number of hydrogen-bond acceptors (Lipinski definition) is 2. The van der Waals surface area contributed by atoms with E-state index in [0.29, 0.717) is 17.1 Å². The number of hydrogen-bond donors (Lipinski definition) is 2. The molecule has 1 amide bonds. The minimum Gasteiger partial charge on any atom is -0.397 e. The molecule has 0 aromatic carbocycles. The summed E-state index contributed by atoms with van der Waals surface area (Å²) in [5.41, 5.74) is 7.73. The van der Waals surface area contributed by atoms with Crippen molar-refractivity contribution in [1.29, 1.82) is 0 Å². The molecule has 1 aromatic heterocycles. The highest BCUT2D eigenvalue weighted by Gasteiger charge is 2.53. The summed E-state index contributed by atoms with van der Waals surface area (Å²) >= 11 is 0. The van der Waals surface area contributed by atoms with Gasteiger partial charge in [0.2, 0.25) is 0 Å². The number of aromatic nitrogens is 1. The Kier molecular flexibility index (Phi) is 2.26. The number of nitrogens with two attached hydrogens (primary N) is 1. The Morgan fingerprint density at radius 2 is 2.11 bits per heavy atom. The number of carbonyl (C=O) groups excluding carboxylic acids is 1. The molecule has 0 radical (unpaired) electrons. The first kappa shape index (κ1) is 11.4. The van der Waals surface area contributed by atoms with E-state index >= 15 is 0 Å². The van der Waals surface area contributed by atoms with Crippen LogP contribution in [0.2, 0.25) is 0 Å². The molecule has 0 saturated heterocycles. The number of amides is 1. The van der Waals surface area contributed by atoms with Gasteiger partial charge in [-0.1, -0.05) is 0 Å². The van der Waals surface area contributed by atoms with Crippen LogP contribution in [0.4, 0.5) is 5.69 Å². The van der Waals surface area contributed by atoms with Crippen molar-refractivity contribution in [2.75, 3.05) is 12.3 Å². The zero-order valence-corrected chi connectivity index (χ0v) is 11.2. The average Bonchev–Trinajstić information content (AvgIpc) is 3.25. The van der Waals surface area contributed by atoms with Crippen molar-refractivity contribution < 1.29 is 4.79 Å². The molecular formula is C15H21N3O. The van der Waals surface area contributed by atoms with Crippen molar-refractivity contribution in [3.63, 3.8) is 0 Å². The smallest absolute Gasteiger partial charge is 0.268 e. The van der Waals surface area contributed by atoms with Gasteiger partial charge in [-0.15, -0.1) is 0 Å². The molecule has 3 aliphatic carbocycles. The number of nitrogens with one attached hydrogen (secondary N) is 1. The van der Waals surface area contributed by atoms with Crippen LogP contribution in [0.25, 0.3) is 0 Å². The molecule has 0 aliphatic heterocycles. The van der Waals surface area contributed by atoms with Gasteiger partial charge in [0.25, 0.3) is 5.91 Å². The Hall–Kier alpha value is -1.45. The normalized spacial score (nSPS) is 24.2. The maximum atomic E-state index is 12.3. The molecular weight excluding hydrogens is 238 g/mol.